The third-order valence-corrected chi connectivity index (χ3v) is 3.40. The van der Waals surface area contributed by atoms with Crippen molar-refractivity contribution in [2.75, 3.05) is 11.1 Å². The number of hydrogen-bond donors (Lipinski definition) is 2. The minimum Gasteiger partial charge on any atom is -0.389 e. The second-order valence-electron chi connectivity index (χ2n) is 4.50. The smallest absolute Gasteiger partial charge is 0.228 e. The summed E-state index contributed by atoms with van der Waals surface area (Å²) in [6.45, 7) is 3.51. The van der Waals surface area contributed by atoms with Crippen LogP contribution in [0.15, 0.2) is 18.2 Å². The molecule has 0 radical (unpaired) electrons. The molecule has 0 saturated heterocycles. The molecule has 1 heterocycles. The highest BCUT2D eigenvalue weighted by atomic mass is 32.1. The molecule has 0 aliphatic carbocycles. The van der Waals surface area contributed by atoms with Crippen molar-refractivity contribution in [3.05, 3.63) is 29.8 Å². The van der Waals surface area contributed by atoms with E-state index in [9.17, 15) is 13.6 Å². The first-order valence-corrected chi connectivity index (χ1v) is 6.72. The topological polar surface area (TPSA) is 68.0 Å². The van der Waals surface area contributed by atoms with Gasteiger partial charge in [0, 0.05) is 11.5 Å². The number of nitrogens with zero attached hydrogens (tertiary/aromatic N) is 1. The standard InChI is InChI=1S/C13H13F2N3OS/c1-6(2)12(19)18-13-17-10(11(16)20-13)7-3-4-8(14)9(15)5-7/h3-6H,16H2,1-2H3,(H,17,18,19). The molecular formula is C13H13F2N3OS. The zero-order chi connectivity index (χ0) is 14.9. The predicted molar refractivity (Wildman–Crippen MR) is 75.3 cm³/mol. The average molecular weight is 297 g/mol. The maximum Gasteiger partial charge on any atom is 0.228 e. The van der Waals surface area contributed by atoms with Crippen LogP contribution in [0.25, 0.3) is 11.3 Å². The number of anilines is 2. The summed E-state index contributed by atoms with van der Waals surface area (Å²) in [7, 11) is 0. The first kappa shape index (κ1) is 14.4. The summed E-state index contributed by atoms with van der Waals surface area (Å²) in [6, 6.07) is 3.42. The lowest BCUT2D eigenvalue weighted by Crippen LogP contribution is -2.17. The van der Waals surface area contributed by atoms with E-state index >= 15 is 0 Å². The Morgan fingerprint density at radius 1 is 1.35 bits per heavy atom. The molecule has 20 heavy (non-hydrogen) atoms. The zero-order valence-corrected chi connectivity index (χ0v) is 11.7. The molecule has 1 amide bonds. The van der Waals surface area contributed by atoms with Gasteiger partial charge >= 0.3 is 0 Å². The summed E-state index contributed by atoms with van der Waals surface area (Å²) in [4.78, 5) is 15.7. The fourth-order valence-electron chi connectivity index (χ4n) is 1.49. The summed E-state index contributed by atoms with van der Waals surface area (Å²) < 4.78 is 26.1. The largest absolute Gasteiger partial charge is 0.389 e. The molecule has 2 aromatic rings. The van der Waals surface area contributed by atoms with E-state index in [1.807, 2.05) is 0 Å². The third kappa shape index (κ3) is 2.93. The summed E-state index contributed by atoms with van der Waals surface area (Å²) in [5, 5.41) is 3.28. The van der Waals surface area contributed by atoms with E-state index in [1.165, 1.54) is 6.07 Å². The molecule has 0 aliphatic rings. The number of amides is 1. The first-order chi connectivity index (χ1) is 9.38. The molecule has 1 aromatic carbocycles. The number of carbonyl (C=O) groups excluding carboxylic acids is 1. The van der Waals surface area contributed by atoms with Crippen molar-refractivity contribution < 1.29 is 13.6 Å². The number of thiazole rings is 1. The minimum absolute atomic E-state index is 0.185. The lowest BCUT2D eigenvalue weighted by atomic mass is 10.1. The van der Waals surface area contributed by atoms with Gasteiger partial charge in [-0.15, -0.1) is 0 Å². The van der Waals surface area contributed by atoms with Crippen LogP contribution in [-0.4, -0.2) is 10.9 Å². The van der Waals surface area contributed by atoms with Gasteiger partial charge in [-0.3, -0.25) is 4.79 Å². The van der Waals surface area contributed by atoms with Gasteiger partial charge in [0.25, 0.3) is 0 Å². The second kappa shape index (κ2) is 5.54. The lowest BCUT2D eigenvalue weighted by Gasteiger charge is -2.03. The Morgan fingerprint density at radius 2 is 2.05 bits per heavy atom. The van der Waals surface area contributed by atoms with E-state index in [0.717, 1.165) is 23.5 Å². The molecule has 0 unspecified atom stereocenters. The van der Waals surface area contributed by atoms with Crippen LogP contribution >= 0.6 is 11.3 Å². The van der Waals surface area contributed by atoms with Crippen LogP contribution < -0.4 is 11.1 Å². The van der Waals surface area contributed by atoms with Crippen molar-refractivity contribution in [1.82, 2.24) is 4.98 Å². The molecule has 0 aliphatic heterocycles. The van der Waals surface area contributed by atoms with Crippen molar-refractivity contribution in [2.24, 2.45) is 5.92 Å². The molecule has 0 fully saturated rings. The maximum absolute atomic E-state index is 13.2. The normalized spacial score (nSPS) is 10.8. The molecule has 3 N–H and O–H groups in total. The fourth-order valence-corrected chi connectivity index (χ4v) is 2.24. The van der Waals surface area contributed by atoms with Gasteiger partial charge < -0.3 is 11.1 Å². The van der Waals surface area contributed by atoms with Gasteiger partial charge in [-0.1, -0.05) is 25.2 Å². The Labute approximate surface area is 118 Å². The Bertz CT molecular complexity index is 655. The van der Waals surface area contributed by atoms with E-state index in [1.54, 1.807) is 13.8 Å². The molecule has 106 valence electrons. The van der Waals surface area contributed by atoms with Gasteiger partial charge in [0.2, 0.25) is 5.91 Å². The van der Waals surface area contributed by atoms with Crippen LogP contribution in [0.3, 0.4) is 0 Å². The fraction of sp³-hybridized carbons (Fsp3) is 0.231. The van der Waals surface area contributed by atoms with Gasteiger partial charge in [0.05, 0.1) is 0 Å². The molecule has 0 spiro atoms. The van der Waals surface area contributed by atoms with E-state index in [0.29, 0.717) is 21.4 Å². The number of nitrogens with two attached hydrogens (primary N) is 1. The molecule has 0 atom stereocenters. The minimum atomic E-state index is -0.970. The highest BCUT2D eigenvalue weighted by Crippen LogP contribution is 2.34. The number of benzene rings is 1. The van der Waals surface area contributed by atoms with E-state index in [2.05, 4.69) is 10.3 Å². The summed E-state index contributed by atoms with van der Waals surface area (Å²) in [5.41, 5.74) is 6.49. The third-order valence-electron chi connectivity index (χ3n) is 2.60. The summed E-state index contributed by atoms with van der Waals surface area (Å²) >= 11 is 1.08. The van der Waals surface area contributed by atoms with E-state index in [-0.39, 0.29) is 11.8 Å². The quantitative estimate of drug-likeness (QED) is 0.913. The number of nitrogen functional groups attached to an aromatic ring is 1. The molecule has 0 saturated carbocycles. The van der Waals surface area contributed by atoms with Crippen molar-refractivity contribution in [3.8, 4) is 11.3 Å². The zero-order valence-electron chi connectivity index (χ0n) is 10.9. The number of nitrogens with one attached hydrogen (secondary N) is 1. The number of carbonyl (C=O) groups is 1. The number of rotatable bonds is 3. The molecule has 2 rings (SSSR count). The highest BCUT2D eigenvalue weighted by Gasteiger charge is 2.15. The molecule has 0 bridgehead atoms. The lowest BCUT2D eigenvalue weighted by molar-refractivity contribution is -0.118. The van der Waals surface area contributed by atoms with Crippen LogP contribution in [0, 0.1) is 17.6 Å². The van der Waals surface area contributed by atoms with Crippen LogP contribution in [0.2, 0.25) is 0 Å². The van der Waals surface area contributed by atoms with Gasteiger partial charge in [-0.05, 0) is 18.2 Å². The number of aromatic nitrogens is 1. The average Bonchev–Trinajstić information content (AvgIpc) is 2.73. The van der Waals surface area contributed by atoms with E-state index < -0.39 is 11.6 Å². The molecular weight excluding hydrogens is 284 g/mol. The van der Waals surface area contributed by atoms with Gasteiger partial charge in [-0.2, -0.15) is 0 Å². The van der Waals surface area contributed by atoms with Crippen LogP contribution in [0.4, 0.5) is 18.9 Å². The molecule has 7 heteroatoms. The Hall–Kier alpha value is -2.02. The number of halogens is 2. The first-order valence-electron chi connectivity index (χ1n) is 5.91. The summed E-state index contributed by atoms with van der Waals surface area (Å²) in [5.74, 6) is -2.28. The van der Waals surface area contributed by atoms with Gasteiger partial charge in [-0.25, -0.2) is 13.8 Å². The molecule has 1 aromatic heterocycles. The number of hydrogen-bond acceptors (Lipinski definition) is 4. The van der Waals surface area contributed by atoms with Gasteiger partial charge in [0.15, 0.2) is 16.8 Å². The van der Waals surface area contributed by atoms with Crippen LogP contribution in [0.1, 0.15) is 13.8 Å². The SMILES string of the molecule is CC(C)C(=O)Nc1nc(-c2ccc(F)c(F)c2)c(N)s1. The van der Waals surface area contributed by atoms with Crippen molar-refractivity contribution >= 4 is 27.4 Å². The van der Waals surface area contributed by atoms with Crippen molar-refractivity contribution in [1.29, 1.82) is 0 Å². The van der Waals surface area contributed by atoms with Crippen molar-refractivity contribution in [3.63, 3.8) is 0 Å². The summed E-state index contributed by atoms with van der Waals surface area (Å²) in [6.07, 6.45) is 0. The van der Waals surface area contributed by atoms with E-state index in [4.69, 9.17) is 5.73 Å². The Balaban J connectivity index is 2.31. The Morgan fingerprint density at radius 3 is 2.65 bits per heavy atom. The second-order valence-corrected chi connectivity index (χ2v) is 5.54. The monoisotopic (exact) mass is 297 g/mol. The highest BCUT2D eigenvalue weighted by molar-refractivity contribution is 7.20. The maximum atomic E-state index is 13.2. The predicted octanol–water partition coefficient (Wildman–Crippen LogP) is 3.27. The van der Waals surface area contributed by atoms with Crippen LogP contribution in [-0.2, 0) is 4.79 Å². The Kier molecular flexibility index (Phi) is 3.99. The van der Waals surface area contributed by atoms with Crippen LogP contribution in [0.5, 0.6) is 0 Å². The van der Waals surface area contributed by atoms with Crippen molar-refractivity contribution in [2.45, 2.75) is 13.8 Å². The van der Waals surface area contributed by atoms with Gasteiger partial charge in [0.1, 0.15) is 10.7 Å². The molecule has 4 nitrogen and oxygen atoms in total.